The third-order valence-corrected chi connectivity index (χ3v) is 14.1. The zero-order valence-electron chi connectivity index (χ0n) is 34.1. The number of nitrogens with zero attached hydrogens (tertiary/aromatic N) is 6. The maximum Gasteiger partial charge on any atom is 0.293 e. The quantitative estimate of drug-likeness (QED) is 0.0534. The minimum absolute atomic E-state index is 0.0541. The second kappa shape index (κ2) is 19.0. The van der Waals surface area contributed by atoms with Crippen molar-refractivity contribution in [2.24, 2.45) is 0 Å². The van der Waals surface area contributed by atoms with Crippen molar-refractivity contribution < 1.29 is 21.8 Å². The molecule has 6 aromatic rings. The first-order valence-electron chi connectivity index (χ1n) is 19.7. The smallest absolute Gasteiger partial charge is 0.293 e. The molecule has 1 aromatic heterocycles. The summed E-state index contributed by atoms with van der Waals surface area (Å²) in [5.74, 6) is 0.702. The molecule has 5 aromatic carbocycles. The molecule has 2 N–H and O–H groups in total. The summed E-state index contributed by atoms with van der Waals surface area (Å²) in [6.45, 7) is 4.21. The Balaban J connectivity index is 1.04. The lowest BCUT2D eigenvalue weighted by Crippen LogP contribution is -2.46. The summed E-state index contributed by atoms with van der Waals surface area (Å²) in [5, 5.41) is 16.1. The molecule has 1 saturated heterocycles. The lowest BCUT2D eigenvalue weighted by Gasteiger charge is -2.36. The molecule has 1 fully saturated rings. The van der Waals surface area contributed by atoms with Crippen LogP contribution in [0.2, 0.25) is 0 Å². The highest BCUT2D eigenvalue weighted by Gasteiger charge is 2.25. The van der Waals surface area contributed by atoms with Gasteiger partial charge in [0.25, 0.3) is 15.7 Å². The normalized spacial score (nSPS) is 14.3. The summed E-state index contributed by atoms with van der Waals surface area (Å²) in [6, 6.07) is 34.5. The Bertz CT molecular complexity index is 2720. The average Bonchev–Trinajstić information content (AvgIpc) is 3.25. The van der Waals surface area contributed by atoms with E-state index in [1.807, 2.05) is 97.9 Å². The SMILES string of the molecule is CN(C)CC[C@H](CSc1ccccc1)Nc1ccc(S(=O)(=O)Nc2ncnc3cc(N4CCN(Cc5cc(S(C)(=O)=O)ccc5-c5ccccc5)CC4)ccc23)cc1[N+](=O)[O-]. The molecule has 0 aliphatic carbocycles. The summed E-state index contributed by atoms with van der Waals surface area (Å²) in [7, 11) is -3.75. The maximum atomic E-state index is 13.8. The summed E-state index contributed by atoms with van der Waals surface area (Å²) >= 11 is 1.64. The summed E-state index contributed by atoms with van der Waals surface area (Å²) in [5.41, 5.74) is 4.29. The Morgan fingerprint density at radius 3 is 2.23 bits per heavy atom. The minimum Gasteiger partial charge on any atom is -0.376 e. The van der Waals surface area contributed by atoms with E-state index in [1.54, 1.807) is 30.0 Å². The summed E-state index contributed by atoms with van der Waals surface area (Å²) in [4.78, 5) is 28.1. The number of piperazine rings is 1. The molecule has 318 valence electrons. The van der Waals surface area contributed by atoms with Gasteiger partial charge in [0.15, 0.2) is 15.7 Å². The number of hydrogen-bond donors (Lipinski definition) is 2. The maximum absolute atomic E-state index is 13.8. The van der Waals surface area contributed by atoms with Gasteiger partial charge in [-0.15, -0.1) is 11.8 Å². The van der Waals surface area contributed by atoms with Crippen molar-refractivity contribution in [3.63, 3.8) is 0 Å². The van der Waals surface area contributed by atoms with E-state index in [2.05, 4.69) is 29.8 Å². The number of hydrogen-bond acceptors (Lipinski definition) is 13. The van der Waals surface area contributed by atoms with Crippen molar-refractivity contribution >= 4 is 65.4 Å². The van der Waals surface area contributed by atoms with Gasteiger partial charge in [-0.05, 0) is 98.3 Å². The number of thioether (sulfide) groups is 1. The number of nitro groups is 1. The molecule has 17 heteroatoms. The molecule has 14 nitrogen and oxygen atoms in total. The number of nitro benzene ring substituents is 1. The predicted octanol–water partition coefficient (Wildman–Crippen LogP) is 7.26. The predicted molar refractivity (Wildman–Crippen MR) is 244 cm³/mol. The van der Waals surface area contributed by atoms with E-state index in [1.165, 1.54) is 24.7 Å². The second-order valence-corrected chi connectivity index (χ2v) is 20.0. The van der Waals surface area contributed by atoms with E-state index in [0.29, 0.717) is 47.6 Å². The average molecular weight is 881 g/mol. The van der Waals surface area contributed by atoms with Crippen LogP contribution in [-0.4, -0.2) is 106 Å². The molecule has 1 atom stereocenters. The van der Waals surface area contributed by atoms with Crippen molar-refractivity contribution in [2.75, 3.05) is 73.8 Å². The molecule has 0 spiro atoms. The van der Waals surface area contributed by atoms with Gasteiger partial charge in [0.2, 0.25) is 0 Å². The Morgan fingerprint density at radius 1 is 0.836 bits per heavy atom. The number of aromatic nitrogens is 2. The molecular weight excluding hydrogens is 833 g/mol. The van der Waals surface area contributed by atoms with E-state index in [0.717, 1.165) is 53.0 Å². The topological polar surface area (TPSA) is 171 Å². The third kappa shape index (κ3) is 11.0. The van der Waals surface area contributed by atoms with E-state index < -0.39 is 24.8 Å². The van der Waals surface area contributed by atoms with Gasteiger partial charge in [0.1, 0.15) is 12.0 Å². The van der Waals surface area contributed by atoms with Crippen LogP contribution in [0.1, 0.15) is 12.0 Å². The molecule has 61 heavy (non-hydrogen) atoms. The van der Waals surface area contributed by atoms with Crippen LogP contribution in [-0.2, 0) is 26.4 Å². The van der Waals surface area contributed by atoms with Crippen LogP contribution in [0.4, 0.5) is 22.9 Å². The highest BCUT2D eigenvalue weighted by molar-refractivity contribution is 7.99. The van der Waals surface area contributed by atoms with Gasteiger partial charge in [0.05, 0.1) is 20.2 Å². The molecule has 1 aliphatic rings. The lowest BCUT2D eigenvalue weighted by molar-refractivity contribution is -0.384. The molecule has 0 saturated carbocycles. The van der Waals surface area contributed by atoms with Crippen LogP contribution in [0.3, 0.4) is 0 Å². The Hall–Kier alpha value is -5.59. The highest BCUT2D eigenvalue weighted by Crippen LogP contribution is 2.33. The monoisotopic (exact) mass is 880 g/mol. The fourth-order valence-corrected chi connectivity index (χ4v) is 9.96. The molecule has 1 aliphatic heterocycles. The van der Waals surface area contributed by atoms with Gasteiger partial charge in [-0.25, -0.2) is 26.8 Å². The molecule has 2 heterocycles. The summed E-state index contributed by atoms with van der Waals surface area (Å²) in [6.07, 6.45) is 3.22. The molecule has 0 radical (unpaired) electrons. The molecule has 0 bridgehead atoms. The Morgan fingerprint density at radius 2 is 1.54 bits per heavy atom. The van der Waals surface area contributed by atoms with Crippen molar-refractivity contribution in [3.8, 4) is 11.1 Å². The van der Waals surface area contributed by atoms with Crippen molar-refractivity contribution in [1.82, 2.24) is 19.8 Å². The van der Waals surface area contributed by atoms with E-state index >= 15 is 0 Å². The second-order valence-electron chi connectivity index (χ2n) is 15.2. The minimum atomic E-state index is -4.30. The van der Waals surface area contributed by atoms with Gasteiger partial charge in [-0.1, -0.05) is 54.6 Å². The first-order valence-corrected chi connectivity index (χ1v) is 24.1. The van der Waals surface area contributed by atoms with Crippen LogP contribution in [0.15, 0.2) is 136 Å². The van der Waals surface area contributed by atoms with Crippen LogP contribution in [0.5, 0.6) is 0 Å². The number of benzene rings is 5. The number of sulfonamides is 1. The largest absolute Gasteiger partial charge is 0.376 e. The van der Waals surface area contributed by atoms with Gasteiger partial charge >= 0.3 is 0 Å². The van der Waals surface area contributed by atoms with Gasteiger partial charge < -0.3 is 15.1 Å². The summed E-state index contributed by atoms with van der Waals surface area (Å²) < 4.78 is 55.0. The highest BCUT2D eigenvalue weighted by atomic mass is 32.2. The number of sulfone groups is 1. The first-order chi connectivity index (χ1) is 29.2. The Kier molecular flexibility index (Phi) is 13.5. The third-order valence-electron chi connectivity index (χ3n) is 10.5. The zero-order chi connectivity index (χ0) is 43.1. The molecule has 0 unspecified atom stereocenters. The van der Waals surface area contributed by atoms with Crippen LogP contribution in [0.25, 0.3) is 22.0 Å². The van der Waals surface area contributed by atoms with E-state index in [-0.39, 0.29) is 28.1 Å². The van der Waals surface area contributed by atoms with Gasteiger partial charge in [0, 0.05) is 72.8 Å². The van der Waals surface area contributed by atoms with Crippen LogP contribution in [0, 0.1) is 10.1 Å². The molecule has 7 rings (SSSR count). The zero-order valence-corrected chi connectivity index (χ0v) is 36.6. The number of rotatable bonds is 17. The number of nitrogens with one attached hydrogen (secondary N) is 2. The van der Waals surface area contributed by atoms with Crippen LogP contribution < -0.4 is 14.9 Å². The van der Waals surface area contributed by atoms with E-state index in [9.17, 15) is 26.9 Å². The lowest BCUT2D eigenvalue weighted by atomic mass is 9.99. The van der Waals surface area contributed by atoms with Crippen molar-refractivity contribution in [3.05, 3.63) is 137 Å². The van der Waals surface area contributed by atoms with E-state index in [4.69, 9.17) is 0 Å². The van der Waals surface area contributed by atoms with Crippen LogP contribution >= 0.6 is 11.8 Å². The van der Waals surface area contributed by atoms with Crippen molar-refractivity contribution in [1.29, 1.82) is 0 Å². The van der Waals surface area contributed by atoms with Gasteiger partial charge in [-0.2, -0.15) is 0 Å². The fourth-order valence-electron chi connectivity index (χ4n) is 7.24. The number of anilines is 3. The van der Waals surface area contributed by atoms with Gasteiger partial charge in [-0.3, -0.25) is 19.7 Å². The number of fused-ring (bicyclic) bond motifs is 1. The van der Waals surface area contributed by atoms with Crippen molar-refractivity contribution in [2.45, 2.75) is 33.7 Å². The first kappa shape index (κ1) is 43.5. The fraction of sp³-hybridized carbons (Fsp3) is 0.273. The Labute approximate surface area is 361 Å². The standard InChI is InChI=1S/C44H48N8O6S3/c1-49(2)21-20-34(30-59-36-12-8-5-9-13-36)47-41-19-16-38(28-43(41)52(53)54)61(57,58)48-44-40-17-14-35(27-42(40)45-31-46-44)51-24-22-50(23-25-51)29-33-26-37(60(3,55)56)15-18-39(33)32-10-6-4-7-11-32/h4-19,26-28,31,34,47H,20-25,29-30H2,1-3H3,(H,45,46,48)/t34-/m1/s1. The molecule has 0 amide bonds. The molecular formula is C44H48N8O6S3.